The number of nitrogens with zero attached hydrogens (tertiary/aromatic N) is 3. The third-order valence-corrected chi connectivity index (χ3v) is 17.6. The van der Waals surface area contributed by atoms with E-state index in [0.29, 0.717) is 12.1 Å². The molecule has 0 bridgehead atoms. The first-order chi connectivity index (χ1) is 45.6. The monoisotopic (exact) mass is 1450 g/mol. The summed E-state index contributed by atoms with van der Waals surface area (Å²) in [6.45, 7) is 11.0. The average molecular weight is 1460 g/mol. The zero-order valence-corrected chi connectivity index (χ0v) is 61.9. The summed E-state index contributed by atoms with van der Waals surface area (Å²) in [5.41, 5.74) is 18.7. The van der Waals surface area contributed by atoms with Crippen molar-refractivity contribution >= 4 is 107 Å². The van der Waals surface area contributed by atoms with Gasteiger partial charge in [0.15, 0.2) is 12.7 Å². The van der Waals surface area contributed by atoms with Gasteiger partial charge in [0.25, 0.3) is 0 Å². The molecule has 15 rings (SSSR count). The molecule has 2 atom stereocenters. The second-order valence-electron chi connectivity index (χ2n) is 22.8. The van der Waals surface area contributed by atoms with Gasteiger partial charge in [0.05, 0.1) is 50.7 Å². The molecule has 0 saturated carbocycles. The first-order valence-electron chi connectivity index (χ1n) is 31.1. The molecule has 7 aromatic carbocycles. The molecule has 2 aliphatic rings. The number of aliphatic hydroxyl groups excluding tert-OH is 2. The Morgan fingerprint density at radius 1 is 0.577 bits per heavy atom. The molecule has 21 heteroatoms. The maximum atomic E-state index is 10.5. The van der Waals surface area contributed by atoms with Crippen LogP contribution in [0.5, 0.6) is 23.0 Å². The number of aryl methyl sites for hydroxylation is 2. The van der Waals surface area contributed by atoms with Crippen molar-refractivity contribution in [3.05, 3.63) is 239 Å². The second kappa shape index (κ2) is 37.4. The van der Waals surface area contributed by atoms with E-state index in [1.165, 1.54) is 93.8 Å². The minimum absolute atomic E-state index is 0. The molecule has 0 fully saturated rings. The summed E-state index contributed by atoms with van der Waals surface area (Å²) in [7, 11) is 7.79. The van der Waals surface area contributed by atoms with Crippen LogP contribution in [0, 0.1) is 13.8 Å². The molecular weight excluding hydrogens is 1370 g/mol. The molecule has 97 heavy (non-hydrogen) atoms. The number of pyridine rings is 2. The van der Waals surface area contributed by atoms with Crippen LogP contribution < -0.4 is 58.4 Å². The van der Waals surface area contributed by atoms with Crippen LogP contribution in [0.2, 0.25) is 0 Å². The summed E-state index contributed by atoms with van der Waals surface area (Å²) < 4.78 is 55.0. The maximum absolute atomic E-state index is 10.5. The van der Waals surface area contributed by atoms with Crippen molar-refractivity contribution in [1.29, 1.82) is 0 Å². The molecule has 0 aliphatic carbocycles. The second-order valence-corrected chi connectivity index (χ2v) is 23.3. The van der Waals surface area contributed by atoms with Gasteiger partial charge in [0.1, 0.15) is 35.1 Å². The first-order valence-corrected chi connectivity index (χ1v) is 32.3. The number of rotatable bonds is 9. The number of methoxy groups -OCH3 is 4. The standard InChI is InChI=1S/C20H22N2O.C20H18N2O.C13H16N2O.C13H12N2O.C7H7Br.C2H3F3O.CH4O.B.BrH.Na.H/c2*1-14-20-18(17-9-8-16(23-2)12-19(17)21-20)10-11-22(14)13-15-6-4-3-5-7-15;2*1-8-13-11(5-6-14-8)10-4-3-9(16-2)7-12(10)15-13;8-6-7-4-2-1-3-5-7;3-2(4,5)1-6;1-2;;;;/h3-9,12,14,21H,10-11,13H2,1-2H3;3-12H,13H2,1-2H3;3-4,7-8,14-15H,5-6H2,1-2H3;3-7,15H,1-2H3;1-5H,6H2;6H,1H2;2H,1H3;;1H;;/q;;;;;;;;;+1;-1/p+1. The van der Waals surface area contributed by atoms with Crippen molar-refractivity contribution in [3.8, 4) is 23.0 Å². The van der Waals surface area contributed by atoms with E-state index in [4.69, 9.17) is 29.2 Å². The fourth-order valence-corrected chi connectivity index (χ4v) is 12.4. The zero-order valence-electron chi connectivity index (χ0n) is 57.6. The van der Waals surface area contributed by atoms with E-state index in [1.54, 1.807) is 28.4 Å². The number of alkyl halides is 4. The average Bonchev–Trinajstić information content (AvgIpc) is 1.65. The van der Waals surface area contributed by atoms with Crippen molar-refractivity contribution in [2.24, 2.45) is 0 Å². The van der Waals surface area contributed by atoms with Gasteiger partial charge in [-0.3, -0.25) is 9.88 Å². The number of aromatic nitrogens is 6. The van der Waals surface area contributed by atoms with Gasteiger partial charge in [0, 0.05) is 150 Å². The molecule has 14 nitrogen and oxygen atoms in total. The van der Waals surface area contributed by atoms with Crippen LogP contribution in [0.25, 0.3) is 65.4 Å². The predicted molar refractivity (Wildman–Crippen MR) is 394 cm³/mol. The van der Waals surface area contributed by atoms with Gasteiger partial charge in [-0.25, -0.2) is 0 Å². The van der Waals surface area contributed by atoms with Gasteiger partial charge in [-0.05, 0) is 117 Å². The van der Waals surface area contributed by atoms with Crippen molar-refractivity contribution in [2.75, 3.05) is 55.2 Å². The number of hydrogen-bond acceptors (Lipinski definition) is 9. The number of hydrogen-bond donors (Lipinski definition) is 7. The van der Waals surface area contributed by atoms with E-state index >= 15 is 0 Å². The minimum Gasteiger partial charge on any atom is -1.00 e. The van der Waals surface area contributed by atoms with Gasteiger partial charge in [-0.15, -0.1) is 17.0 Å². The van der Waals surface area contributed by atoms with E-state index in [9.17, 15) is 13.2 Å². The zero-order chi connectivity index (χ0) is 66.9. The Morgan fingerprint density at radius 2 is 1.01 bits per heavy atom. The number of nitrogens with one attached hydrogen (secondary N) is 5. The predicted octanol–water partition coefficient (Wildman–Crippen LogP) is 13.7. The molecular formula is C76H85BBr2F3N8NaO6+. The van der Waals surface area contributed by atoms with Crippen molar-refractivity contribution in [1.82, 2.24) is 35.1 Å². The summed E-state index contributed by atoms with van der Waals surface area (Å²) in [5.74, 6) is 3.56. The Hall–Kier alpha value is -7.63. The Morgan fingerprint density at radius 3 is 1.48 bits per heavy atom. The van der Waals surface area contributed by atoms with E-state index in [0.717, 1.165) is 96.7 Å². The number of halogens is 5. The summed E-state index contributed by atoms with van der Waals surface area (Å²) in [5, 5.41) is 26.3. The third-order valence-electron chi connectivity index (χ3n) is 16.9. The van der Waals surface area contributed by atoms with Gasteiger partial charge in [-0.2, -0.15) is 17.7 Å². The van der Waals surface area contributed by atoms with Gasteiger partial charge in [0.2, 0.25) is 5.69 Å². The Balaban J connectivity index is 0.000000219. The molecule has 7 N–H and O–H groups in total. The van der Waals surface area contributed by atoms with Crippen LogP contribution in [0.3, 0.4) is 0 Å². The molecule has 0 spiro atoms. The number of benzene rings is 7. The molecule has 0 amide bonds. The van der Waals surface area contributed by atoms with Gasteiger partial charge >= 0.3 is 35.7 Å². The number of aromatic amines is 4. The van der Waals surface area contributed by atoms with Crippen LogP contribution in [0.4, 0.5) is 13.2 Å². The first kappa shape index (κ1) is 78.4. The van der Waals surface area contributed by atoms with E-state index < -0.39 is 12.8 Å². The number of H-pyrrole nitrogens is 4. The molecule has 503 valence electrons. The quantitative estimate of drug-likeness (QED) is 0.0422. The SMILES string of the molecule is Br.BrCc1ccccc1.CO.COc1ccc2c(c1)[nH]c1c(C)[n+](Cc3ccccc3)ccc12.COc1ccc2c(c1)[nH]c1c(C)nccc12.COc1ccc2c3c([nH]c2c1)C(C)N(Cc1ccccc1)CC3.COc1ccc2c3c([nH]c2c1)C(C)NCC3.OCC(F)(F)F.[B].[H-].[Na+]. The third kappa shape index (κ3) is 19.6. The summed E-state index contributed by atoms with van der Waals surface area (Å²) >= 11 is 3.36. The molecule has 0 saturated heterocycles. The maximum Gasteiger partial charge on any atom is 1.00 e. The van der Waals surface area contributed by atoms with Crippen LogP contribution in [-0.2, 0) is 31.3 Å². The van der Waals surface area contributed by atoms with Crippen LogP contribution in [-0.4, -0.2) is 110 Å². The van der Waals surface area contributed by atoms with Crippen LogP contribution in [0.15, 0.2) is 188 Å². The summed E-state index contributed by atoms with van der Waals surface area (Å²) in [6, 6.07) is 61.4. The Labute approximate surface area is 609 Å². The smallest absolute Gasteiger partial charge is 1.00 e. The molecule has 3 radical (unpaired) electrons. The van der Waals surface area contributed by atoms with E-state index in [2.05, 4.69) is 210 Å². The van der Waals surface area contributed by atoms with Crippen LogP contribution in [0.1, 0.15) is 78.0 Å². The molecule has 6 aromatic heterocycles. The van der Waals surface area contributed by atoms with E-state index in [1.807, 2.05) is 61.7 Å². The molecule has 8 heterocycles. The van der Waals surface area contributed by atoms with E-state index in [-0.39, 0.29) is 56.4 Å². The van der Waals surface area contributed by atoms with Gasteiger partial charge in [-0.1, -0.05) is 107 Å². The summed E-state index contributed by atoms with van der Waals surface area (Å²) in [4.78, 5) is 20.9. The normalized spacial score (nSPS) is 13.6. The number of fused-ring (bicyclic) bond motifs is 12. The number of ether oxygens (including phenoxy) is 4. The largest absolute Gasteiger partial charge is 1.00 e. The minimum atomic E-state index is -4.40. The number of aliphatic hydroxyl groups is 2. The Kier molecular flexibility index (Phi) is 30.2. The Bertz CT molecular complexity index is 4590. The van der Waals surface area contributed by atoms with Crippen molar-refractivity contribution in [3.63, 3.8) is 0 Å². The van der Waals surface area contributed by atoms with Crippen molar-refractivity contribution < 1.29 is 77.9 Å². The fraction of sp³-hybridized carbons (Fsp3) is 0.263. The molecule has 13 aromatic rings. The topological polar surface area (TPSA) is 173 Å². The van der Waals surface area contributed by atoms with Gasteiger partial charge < -0.3 is 55.8 Å². The molecule has 2 unspecified atom stereocenters. The fourth-order valence-electron chi connectivity index (χ4n) is 12.0. The summed E-state index contributed by atoms with van der Waals surface area (Å²) in [6.07, 6.45) is 1.81. The molecule has 2 aliphatic heterocycles. The van der Waals surface area contributed by atoms with Crippen LogP contribution >= 0.6 is 32.9 Å². The van der Waals surface area contributed by atoms with Crippen molar-refractivity contribution in [2.45, 2.75) is 77.2 Å².